The lowest BCUT2D eigenvalue weighted by atomic mass is 9.89. The first-order chi connectivity index (χ1) is 12.2. The van der Waals surface area contributed by atoms with Crippen LogP contribution in [0.2, 0.25) is 0 Å². The van der Waals surface area contributed by atoms with Gasteiger partial charge in [0.1, 0.15) is 11.5 Å². The van der Waals surface area contributed by atoms with Crippen molar-refractivity contribution in [3.05, 3.63) is 60.2 Å². The Bertz CT molecular complexity index is 727. The van der Waals surface area contributed by atoms with Crippen LogP contribution in [0.1, 0.15) is 30.7 Å². The second-order valence-corrected chi connectivity index (χ2v) is 6.08. The van der Waals surface area contributed by atoms with Crippen LogP contribution in [0.15, 0.2) is 54.6 Å². The van der Waals surface area contributed by atoms with E-state index in [1.54, 1.807) is 19.2 Å². The van der Waals surface area contributed by atoms with Gasteiger partial charge in [0, 0.05) is 24.8 Å². The predicted molar refractivity (Wildman–Crippen MR) is 93.6 cm³/mol. The van der Waals surface area contributed by atoms with Crippen molar-refractivity contribution in [3.63, 3.8) is 0 Å². The molecule has 1 saturated heterocycles. The minimum Gasteiger partial charge on any atom is -0.497 e. The summed E-state index contributed by atoms with van der Waals surface area (Å²) in [6, 6.07) is 16.6. The maximum Gasteiger partial charge on any atom is 0.311 e. The third kappa shape index (κ3) is 4.38. The van der Waals surface area contributed by atoms with Gasteiger partial charge in [0.25, 0.3) is 0 Å². The Kier molecular flexibility index (Phi) is 5.33. The molecular formula is C20H21NO4. The number of amides is 1. The van der Waals surface area contributed by atoms with E-state index in [1.807, 2.05) is 42.5 Å². The van der Waals surface area contributed by atoms with E-state index in [0.717, 1.165) is 11.3 Å². The van der Waals surface area contributed by atoms with Gasteiger partial charge in [-0.1, -0.05) is 30.3 Å². The predicted octanol–water partition coefficient (Wildman–Crippen LogP) is 3.05. The second kappa shape index (κ2) is 7.83. The van der Waals surface area contributed by atoms with Crippen molar-refractivity contribution < 1.29 is 19.1 Å². The molecule has 2 unspecified atom stereocenters. The highest BCUT2D eigenvalue weighted by Gasteiger charge is 2.33. The number of rotatable bonds is 6. The summed E-state index contributed by atoms with van der Waals surface area (Å²) in [6.07, 6.45) is 1.24. The lowest BCUT2D eigenvalue weighted by molar-refractivity contribution is -0.134. The number of benzene rings is 2. The zero-order valence-electron chi connectivity index (χ0n) is 14.1. The van der Waals surface area contributed by atoms with Gasteiger partial charge < -0.3 is 14.8 Å². The molecule has 1 heterocycles. The quantitative estimate of drug-likeness (QED) is 0.649. The van der Waals surface area contributed by atoms with Gasteiger partial charge in [0.05, 0.1) is 7.11 Å². The van der Waals surface area contributed by atoms with E-state index < -0.39 is 0 Å². The van der Waals surface area contributed by atoms with Crippen LogP contribution >= 0.6 is 0 Å². The molecule has 1 aliphatic heterocycles. The third-order valence-corrected chi connectivity index (χ3v) is 4.42. The largest absolute Gasteiger partial charge is 0.497 e. The molecular weight excluding hydrogens is 318 g/mol. The van der Waals surface area contributed by atoms with Gasteiger partial charge >= 0.3 is 5.97 Å². The third-order valence-electron chi connectivity index (χ3n) is 4.42. The van der Waals surface area contributed by atoms with E-state index in [2.05, 4.69) is 5.32 Å². The number of hydrogen-bond acceptors (Lipinski definition) is 4. The average molecular weight is 339 g/mol. The summed E-state index contributed by atoms with van der Waals surface area (Å²) < 4.78 is 10.5. The monoisotopic (exact) mass is 339 g/mol. The van der Waals surface area contributed by atoms with Gasteiger partial charge in [0.15, 0.2) is 0 Å². The number of carbonyl (C=O) groups excluding carboxylic acids is 2. The smallest absolute Gasteiger partial charge is 0.311 e. The lowest BCUT2D eigenvalue weighted by Gasteiger charge is -2.19. The topological polar surface area (TPSA) is 64.6 Å². The zero-order valence-corrected chi connectivity index (χ0v) is 14.1. The average Bonchev–Trinajstić information content (AvgIpc) is 3.01. The van der Waals surface area contributed by atoms with Crippen LogP contribution in [-0.2, 0) is 9.59 Å². The molecule has 1 amide bonds. The highest BCUT2D eigenvalue weighted by Crippen LogP contribution is 2.32. The molecule has 25 heavy (non-hydrogen) atoms. The van der Waals surface area contributed by atoms with Gasteiger partial charge in [0.2, 0.25) is 5.91 Å². The maximum atomic E-state index is 12.0. The van der Waals surface area contributed by atoms with Crippen LogP contribution < -0.4 is 14.8 Å². The van der Waals surface area contributed by atoms with Crippen molar-refractivity contribution >= 4 is 11.9 Å². The van der Waals surface area contributed by atoms with E-state index in [0.29, 0.717) is 18.6 Å². The van der Waals surface area contributed by atoms with Gasteiger partial charge in [-0.25, -0.2) is 0 Å². The standard InChI is InChI=1S/C20H21NO4/c1-24-15-9-7-14(8-10-15)17-13-19(22)21-18(17)11-12-20(23)25-16-5-3-2-4-6-16/h2-10,17-18H,11-13H2,1H3,(H,21,22). The first kappa shape index (κ1) is 17.0. The van der Waals surface area contributed by atoms with Gasteiger partial charge in [-0.05, 0) is 36.2 Å². The van der Waals surface area contributed by atoms with Crippen molar-refractivity contribution in [2.75, 3.05) is 7.11 Å². The van der Waals surface area contributed by atoms with Crippen LogP contribution in [0.3, 0.4) is 0 Å². The highest BCUT2D eigenvalue weighted by atomic mass is 16.5. The summed E-state index contributed by atoms with van der Waals surface area (Å²) in [6.45, 7) is 0. The van der Waals surface area contributed by atoms with E-state index in [-0.39, 0.29) is 30.3 Å². The molecule has 1 N–H and O–H groups in total. The Morgan fingerprint density at radius 3 is 2.48 bits per heavy atom. The van der Waals surface area contributed by atoms with Crippen LogP contribution in [-0.4, -0.2) is 25.0 Å². The van der Waals surface area contributed by atoms with Gasteiger partial charge in [-0.3, -0.25) is 9.59 Å². The Hall–Kier alpha value is -2.82. The fourth-order valence-corrected chi connectivity index (χ4v) is 3.13. The molecule has 2 atom stereocenters. The van der Waals surface area contributed by atoms with E-state index in [1.165, 1.54) is 0 Å². The molecule has 0 aromatic heterocycles. The van der Waals surface area contributed by atoms with E-state index in [9.17, 15) is 9.59 Å². The Morgan fingerprint density at radius 1 is 1.08 bits per heavy atom. The molecule has 3 rings (SSSR count). The summed E-state index contributed by atoms with van der Waals surface area (Å²) in [5.41, 5.74) is 1.07. The van der Waals surface area contributed by atoms with Crippen LogP contribution in [0.5, 0.6) is 11.5 Å². The molecule has 0 bridgehead atoms. The molecule has 130 valence electrons. The number of carbonyl (C=O) groups is 2. The highest BCUT2D eigenvalue weighted by molar-refractivity contribution is 5.80. The molecule has 0 radical (unpaired) electrons. The number of para-hydroxylation sites is 1. The molecule has 2 aromatic rings. The summed E-state index contributed by atoms with van der Waals surface area (Å²) in [4.78, 5) is 23.9. The Morgan fingerprint density at radius 2 is 1.80 bits per heavy atom. The Labute approximate surface area is 147 Å². The second-order valence-electron chi connectivity index (χ2n) is 6.08. The molecule has 5 heteroatoms. The number of nitrogens with one attached hydrogen (secondary N) is 1. The molecule has 1 aliphatic rings. The maximum absolute atomic E-state index is 12.0. The molecule has 1 fully saturated rings. The summed E-state index contributed by atoms with van der Waals surface area (Å²) in [5, 5.41) is 2.97. The van der Waals surface area contributed by atoms with Gasteiger partial charge in [-0.2, -0.15) is 0 Å². The number of hydrogen-bond donors (Lipinski definition) is 1. The number of ether oxygens (including phenoxy) is 2. The van der Waals surface area contributed by atoms with E-state index >= 15 is 0 Å². The van der Waals surface area contributed by atoms with E-state index in [4.69, 9.17) is 9.47 Å². The zero-order chi connectivity index (χ0) is 17.6. The molecule has 0 spiro atoms. The van der Waals surface area contributed by atoms with Crippen LogP contribution in [0.25, 0.3) is 0 Å². The Balaban J connectivity index is 1.59. The number of esters is 1. The normalized spacial score (nSPS) is 19.3. The van der Waals surface area contributed by atoms with Crippen molar-refractivity contribution in [1.29, 1.82) is 0 Å². The fourth-order valence-electron chi connectivity index (χ4n) is 3.13. The van der Waals surface area contributed by atoms with Crippen molar-refractivity contribution in [3.8, 4) is 11.5 Å². The number of methoxy groups -OCH3 is 1. The molecule has 0 aliphatic carbocycles. The van der Waals surface area contributed by atoms with Crippen molar-refractivity contribution in [1.82, 2.24) is 5.32 Å². The van der Waals surface area contributed by atoms with Gasteiger partial charge in [-0.15, -0.1) is 0 Å². The van der Waals surface area contributed by atoms with Crippen LogP contribution in [0.4, 0.5) is 0 Å². The lowest BCUT2D eigenvalue weighted by Crippen LogP contribution is -2.29. The first-order valence-electron chi connectivity index (χ1n) is 8.35. The molecule has 2 aromatic carbocycles. The summed E-state index contributed by atoms with van der Waals surface area (Å²) >= 11 is 0. The summed E-state index contributed by atoms with van der Waals surface area (Å²) in [5.74, 6) is 1.10. The molecule has 0 saturated carbocycles. The minimum absolute atomic E-state index is 0.0160. The summed E-state index contributed by atoms with van der Waals surface area (Å²) in [7, 11) is 1.62. The van der Waals surface area contributed by atoms with Crippen LogP contribution in [0, 0.1) is 0 Å². The molecule has 5 nitrogen and oxygen atoms in total. The van der Waals surface area contributed by atoms with Crippen molar-refractivity contribution in [2.24, 2.45) is 0 Å². The van der Waals surface area contributed by atoms with Crippen molar-refractivity contribution in [2.45, 2.75) is 31.2 Å². The fraction of sp³-hybridized carbons (Fsp3) is 0.300. The SMILES string of the molecule is COc1ccc(C2CC(=O)NC2CCC(=O)Oc2ccccc2)cc1. The first-order valence-corrected chi connectivity index (χ1v) is 8.35. The minimum atomic E-state index is -0.291.